The van der Waals surface area contributed by atoms with Crippen LogP contribution in [-0.4, -0.2) is 60.6 Å². The van der Waals surface area contributed by atoms with Crippen molar-refractivity contribution in [1.82, 2.24) is 0 Å². The van der Waals surface area contributed by atoms with E-state index in [1.165, 1.54) is 20.8 Å². The molecule has 6 fully saturated rings. The van der Waals surface area contributed by atoms with Crippen molar-refractivity contribution in [3.05, 3.63) is 12.2 Å². The highest BCUT2D eigenvalue weighted by molar-refractivity contribution is 5.67. The Labute approximate surface area is 263 Å². The van der Waals surface area contributed by atoms with Gasteiger partial charge in [-0.2, -0.15) is 0 Å². The van der Waals surface area contributed by atoms with Crippen LogP contribution in [0, 0.1) is 50.2 Å². The molecular weight excluding hydrogens is 560 g/mol. The molecule has 0 aromatic rings. The van der Waals surface area contributed by atoms with Crippen LogP contribution in [0.15, 0.2) is 12.2 Å². The Hall–Kier alpha value is -1.93. The Morgan fingerprint density at radius 1 is 0.841 bits per heavy atom. The fraction of sp³-hybridized carbons (Fsp3) is 0.861. The van der Waals surface area contributed by atoms with Crippen LogP contribution in [0.2, 0.25) is 0 Å². The van der Waals surface area contributed by atoms with Crippen LogP contribution in [0.4, 0.5) is 0 Å². The van der Waals surface area contributed by atoms with Crippen molar-refractivity contribution >= 4 is 17.9 Å². The fourth-order valence-corrected chi connectivity index (χ4v) is 12.2. The molecule has 2 bridgehead atoms. The van der Waals surface area contributed by atoms with Crippen LogP contribution >= 0.6 is 0 Å². The van der Waals surface area contributed by atoms with Crippen molar-refractivity contribution in [2.24, 2.45) is 50.2 Å². The van der Waals surface area contributed by atoms with Crippen LogP contribution in [0.5, 0.6) is 0 Å². The molecule has 4 saturated carbocycles. The second kappa shape index (κ2) is 10.0. The lowest BCUT2D eigenvalue weighted by molar-refractivity contribution is -0.343. The summed E-state index contributed by atoms with van der Waals surface area (Å²) in [7, 11) is 0. The van der Waals surface area contributed by atoms with Gasteiger partial charge in [-0.1, -0.05) is 46.8 Å². The smallest absolute Gasteiger partial charge is 0.302 e. The molecule has 8 nitrogen and oxygen atoms in total. The molecule has 1 spiro atoms. The number of carbonyl (C=O) groups is 3. The topological polar surface area (TPSA) is 108 Å². The van der Waals surface area contributed by atoms with Crippen molar-refractivity contribution in [2.45, 2.75) is 125 Å². The first-order valence-electron chi connectivity index (χ1n) is 16.9. The third-order valence-corrected chi connectivity index (χ3v) is 14.2. The molecule has 0 unspecified atom stereocenters. The molecule has 0 aromatic heterocycles. The van der Waals surface area contributed by atoms with Gasteiger partial charge in [0.25, 0.3) is 0 Å². The first-order chi connectivity index (χ1) is 20.4. The summed E-state index contributed by atoms with van der Waals surface area (Å²) in [6, 6.07) is 0. The first-order valence-corrected chi connectivity index (χ1v) is 16.9. The lowest BCUT2D eigenvalue weighted by atomic mass is 9.30. The number of fused-ring (bicyclic) bond motifs is 7. The zero-order chi connectivity index (χ0) is 32.1. The zero-order valence-corrected chi connectivity index (χ0v) is 28.1. The van der Waals surface area contributed by atoms with Crippen molar-refractivity contribution in [2.75, 3.05) is 19.8 Å². The molecule has 44 heavy (non-hydrogen) atoms. The normalized spacial score (nSPS) is 47.7. The van der Waals surface area contributed by atoms with Gasteiger partial charge in [0.05, 0.1) is 18.3 Å². The molecule has 7 aliphatic rings. The predicted octanol–water partition coefficient (Wildman–Crippen LogP) is 5.79. The van der Waals surface area contributed by atoms with E-state index in [0.717, 1.165) is 25.7 Å². The monoisotopic (exact) mass is 614 g/mol. The number of hydrogen-bond acceptors (Lipinski definition) is 8. The Morgan fingerprint density at radius 3 is 2.14 bits per heavy atom. The third kappa shape index (κ3) is 4.17. The van der Waals surface area contributed by atoms with E-state index in [-0.39, 0.29) is 53.4 Å². The summed E-state index contributed by atoms with van der Waals surface area (Å²) in [6.45, 7) is 16.4. The maximum Gasteiger partial charge on any atom is 0.302 e. The zero-order valence-electron chi connectivity index (χ0n) is 28.1. The van der Waals surface area contributed by atoms with Crippen LogP contribution in [0.25, 0.3) is 0 Å². The highest BCUT2D eigenvalue weighted by Gasteiger charge is 2.79. The second-order valence-corrected chi connectivity index (χ2v) is 17.1. The van der Waals surface area contributed by atoms with Crippen LogP contribution in [0.3, 0.4) is 0 Å². The number of hydrogen-bond donors (Lipinski definition) is 1. The molecule has 0 radical (unpaired) electrons. The van der Waals surface area contributed by atoms with Gasteiger partial charge in [-0.25, -0.2) is 0 Å². The number of esters is 3. The van der Waals surface area contributed by atoms with E-state index >= 15 is 0 Å². The molecule has 10 atom stereocenters. The molecule has 8 heteroatoms. The summed E-state index contributed by atoms with van der Waals surface area (Å²) >= 11 is 0. The summed E-state index contributed by atoms with van der Waals surface area (Å²) < 4.78 is 24.7. The summed E-state index contributed by atoms with van der Waals surface area (Å²) in [5.74, 6) is -0.998. The number of ether oxygens (including phenoxy) is 4. The van der Waals surface area contributed by atoms with E-state index in [2.05, 4.69) is 46.8 Å². The predicted molar refractivity (Wildman–Crippen MR) is 163 cm³/mol. The largest absolute Gasteiger partial charge is 0.465 e. The Morgan fingerprint density at radius 2 is 1.52 bits per heavy atom. The van der Waals surface area contributed by atoms with Crippen LogP contribution in [0.1, 0.15) is 107 Å². The highest BCUT2D eigenvalue weighted by Crippen LogP contribution is 2.78. The van der Waals surface area contributed by atoms with Crippen molar-refractivity contribution in [3.8, 4) is 0 Å². The lowest BCUT2D eigenvalue weighted by Gasteiger charge is -2.76. The summed E-state index contributed by atoms with van der Waals surface area (Å²) in [4.78, 5) is 37.6. The van der Waals surface area contributed by atoms with Gasteiger partial charge in [0.15, 0.2) is 0 Å². The molecule has 5 aliphatic carbocycles. The van der Waals surface area contributed by atoms with E-state index in [1.807, 2.05) is 0 Å². The van der Waals surface area contributed by atoms with Gasteiger partial charge in [-0.15, -0.1) is 0 Å². The van der Waals surface area contributed by atoms with Gasteiger partial charge >= 0.3 is 17.9 Å². The van der Waals surface area contributed by atoms with E-state index in [9.17, 15) is 19.5 Å². The minimum Gasteiger partial charge on any atom is -0.465 e. The van der Waals surface area contributed by atoms with Gasteiger partial charge in [0.2, 0.25) is 0 Å². The van der Waals surface area contributed by atoms with E-state index in [1.54, 1.807) is 0 Å². The second-order valence-electron chi connectivity index (χ2n) is 17.1. The molecule has 7 rings (SSSR count). The minimum atomic E-state index is -1.27. The van der Waals surface area contributed by atoms with Gasteiger partial charge in [0.1, 0.15) is 19.3 Å². The summed E-state index contributed by atoms with van der Waals surface area (Å²) in [5, 5.41) is 13.6. The standard InChI is InChI=1S/C36H54O8/c1-22(37)41-20-34-16-15-30(4,5)17-27(34)36(40)14-10-26-32(8,35(36,21-42-23(2)38)18-29(34)44-24(3)39)12-9-25-31(6,7)28-11-13-33(25,26)19-43-28/h9,12,25-29,40H,10-11,13-21H2,1-8H3/t25-,26-,27+,28-,29-,32+,33+,34+,35+,36-/m0/s1. The number of rotatable bonds is 5. The van der Waals surface area contributed by atoms with Crippen molar-refractivity contribution in [3.63, 3.8) is 0 Å². The van der Waals surface area contributed by atoms with Gasteiger partial charge in [-0.3, -0.25) is 14.4 Å². The van der Waals surface area contributed by atoms with Gasteiger partial charge in [0, 0.05) is 48.3 Å². The van der Waals surface area contributed by atoms with Gasteiger partial charge < -0.3 is 24.1 Å². The van der Waals surface area contributed by atoms with E-state index in [4.69, 9.17) is 18.9 Å². The van der Waals surface area contributed by atoms with E-state index < -0.39 is 39.9 Å². The summed E-state index contributed by atoms with van der Waals surface area (Å²) in [5.41, 5.74) is -3.73. The van der Waals surface area contributed by atoms with Crippen molar-refractivity contribution < 1.29 is 38.4 Å². The number of aliphatic hydroxyl groups is 1. The maximum atomic E-state index is 13.6. The molecule has 246 valence electrons. The van der Waals surface area contributed by atoms with Crippen LogP contribution in [-0.2, 0) is 33.3 Å². The molecule has 2 heterocycles. The number of allylic oxidation sites excluding steroid dienone is 2. The fourth-order valence-electron chi connectivity index (χ4n) is 12.2. The molecule has 0 aromatic carbocycles. The van der Waals surface area contributed by atoms with E-state index in [0.29, 0.717) is 38.2 Å². The molecule has 0 amide bonds. The SMILES string of the molecule is CC(=O)OC[C@]12CCC(C)(C)C[C@H]1[C@@]1(O)CC[C@@H]3[C@]45CC[C@H](OC4)C(C)(C)[C@@H]5C=C[C@@]3(C)[C@]1(COC(C)=O)C[C@@H]2OC(C)=O. The Bertz CT molecular complexity index is 1240. The molecule has 2 aliphatic heterocycles. The lowest BCUT2D eigenvalue weighted by Crippen LogP contribution is -2.79. The molecule has 2 saturated heterocycles. The van der Waals surface area contributed by atoms with Crippen LogP contribution < -0.4 is 0 Å². The third-order valence-electron chi connectivity index (χ3n) is 14.2. The van der Waals surface area contributed by atoms with Gasteiger partial charge in [-0.05, 0) is 74.0 Å². The first kappa shape index (κ1) is 32.0. The number of carbonyl (C=O) groups excluding carboxylic acids is 3. The maximum absolute atomic E-state index is 13.6. The average molecular weight is 615 g/mol. The highest BCUT2D eigenvalue weighted by atomic mass is 16.6. The molecule has 1 N–H and O–H groups in total. The quantitative estimate of drug-likeness (QED) is 0.236. The Kier molecular flexibility index (Phi) is 7.30. The average Bonchev–Trinajstić information content (AvgIpc) is 2.92. The Balaban J connectivity index is 1.57. The summed E-state index contributed by atoms with van der Waals surface area (Å²) in [6.07, 6.45) is 10.3. The minimum absolute atomic E-state index is 0.00938. The molecular formula is C36H54O8. The van der Waals surface area contributed by atoms with Crippen molar-refractivity contribution in [1.29, 1.82) is 0 Å².